The number of aliphatic hydroxyl groups is 1. The SMILES string of the molecule is C=C1C(=O)O[C@@H]2/C=C(/C)[C@@]3(O)C=C[C@@](C)(C[C@@H](OC(=O)C(C)C)[C@@H]12)O3. The smallest absolute Gasteiger partial charge is 0.334 e. The quantitative estimate of drug-likeness (QED) is 0.467. The van der Waals surface area contributed by atoms with E-state index in [4.69, 9.17) is 14.2 Å². The summed E-state index contributed by atoms with van der Waals surface area (Å²) in [7, 11) is 0. The Labute approximate surface area is 147 Å². The van der Waals surface area contributed by atoms with Crippen LogP contribution >= 0.6 is 0 Å². The minimum Gasteiger partial charge on any atom is -0.461 e. The minimum absolute atomic E-state index is 0.271. The van der Waals surface area contributed by atoms with Gasteiger partial charge in [-0.05, 0) is 31.6 Å². The molecular formula is C19H24O6. The molecule has 0 aliphatic carbocycles. The molecule has 0 unspecified atom stereocenters. The van der Waals surface area contributed by atoms with Gasteiger partial charge in [-0.15, -0.1) is 0 Å². The van der Waals surface area contributed by atoms with Gasteiger partial charge in [-0.25, -0.2) is 4.79 Å². The third kappa shape index (κ3) is 3.04. The lowest BCUT2D eigenvalue weighted by molar-refractivity contribution is -0.190. The molecule has 1 saturated heterocycles. The minimum atomic E-state index is -1.56. The molecule has 3 rings (SSSR count). The van der Waals surface area contributed by atoms with E-state index in [2.05, 4.69) is 6.58 Å². The predicted octanol–water partition coefficient (Wildman–Crippen LogP) is 2.04. The van der Waals surface area contributed by atoms with E-state index >= 15 is 0 Å². The fraction of sp³-hybridized carbons (Fsp3) is 0.579. The molecule has 3 aliphatic rings. The molecule has 1 N–H and O–H groups in total. The van der Waals surface area contributed by atoms with Crippen molar-refractivity contribution in [1.82, 2.24) is 0 Å². The van der Waals surface area contributed by atoms with E-state index in [1.165, 1.54) is 0 Å². The Kier molecular flexibility index (Phi) is 4.16. The zero-order chi connectivity index (χ0) is 18.6. The van der Waals surface area contributed by atoms with Crippen LogP contribution in [0.15, 0.2) is 36.0 Å². The first-order valence-electron chi connectivity index (χ1n) is 8.47. The molecule has 2 bridgehead atoms. The molecule has 5 atom stereocenters. The number of carbonyl (C=O) groups is 2. The van der Waals surface area contributed by atoms with Crippen LogP contribution in [0.2, 0.25) is 0 Å². The lowest BCUT2D eigenvalue weighted by Crippen LogP contribution is -2.41. The van der Waals surface area contributed by atoms with Crippen molar-refractivity contribution < 1.29 is 28.9 Å². The highest BCUT2D eigenvalue weighted by Crippen LogP contribution is 2.44. The van der Waals surface area contributed by atoms with E-state index in [1.807, 2.05) is 6.92 Å². The van der Waals surface area contributed by atoms with Crippen molar-refractivity contribution in [3.8, 4) is 0 Å². The fourth-order valence-corrected chi connectivity index (χ4v) is 3.51. The Morgan fingerprint density at radius 1 is 1.44 bits per heavy atom. The van der Waals surface area contributed by atoms with Gasteiger partial charge in [0, 0.05) is 12.0 Å². The molecule has 3 heterocycles. The molecule has 0 saturated carbocycles. The summed E-state index contributed by atoms with van der Waals surface area (Å²) in [6.07, 6.45) is 3.96. The average molecular weight is 348 g/mol. The number of esters is 2. The van der Waals surface area contributed by atoms with E-state index < -0.39 is 35.5 Å². The van der Waals surface area contributed by atoms with E-state index in [1.54, 1.807) is 39.0 Å². The molecule has 0 aromatic carbocycles. The molecule has 0 spiro atoms. The van der Waals surface area contributed by atoms with Crippen LogP contribution in [-0.2, 0) is 23.8 Å². The van der Waals surface area contributed by atoms with Crippen LogP contribution in [0.4, 0.5) is 0 Å². The van der Waals surface area contributed by atoms with Crippen molar-refractivity contribution in [3.63, 3.8) is 0 Å². The maximum absolute atomic E-state index is 12.2. The van der Waals surface area contributed by atoms with Crippen molar-refractivity contribution in [2.45, 2.75) is 57.7 Å². The summed E-state index contributed by atoms with van der Waals surface area (Å²) in [6, 6.07) is 0. The van der Waals surface area contributed by atoms with Crippen LogP contribution < -0.4 is 0 Å². The molecule has 3 aliphatic heterocycles. The molecule has 0 amide bonds. The second-order valence-corrected chi connectivity index (χ2v) is 7.55. The Morgan fingerprint density at radius 3 is 2.76 bits per heavy atom. The van der Waals surface area contributed by atoms with Crippen molar-refractivity contribution in [2.75, 3.05) is 0 Å². The number of hydrogen-bond acceptors (Lipinski definition) is 6. The maximum atomic E-state index is 12.2. The molecule has 136 valence electrons. The third-order valence-electron chi connectivity index (χ3n) is 5.04. The van der Waals surface area contributed by atoms with Crippen molar-refractivity contribution in [3.05, 3.63) is 36.0 Å². The number of hydrogen-bond donors (Lipinski definition) is 1. The highest BCUT2D eigenvalue weighted by Gasteiger charge is 2.52. The summed E-state index contributed by atoms with van der Waals surface area (Å²) in [6.45, 7) is 10.9. The third-order valence-corrected chi connectivity index (χ3v) is 5.04. The zero-order valence-corrected chi connectivity index (χ0v) is 14.9. The summed E-state index contributed by atoms with van der Waals surface area (Å²) in [5.41, 5.74) is -0.0548. The second-order valence-electron chi connectivity index (χ2n) is 7.55. The fourth-order valence-electron chi connectivity index (χ4n) is 3.51. The number of rotatable bonds is 2. The first-order chi connectivity index (χ1) is 11.5. The van der Waals surface area contributed by atoms with Crippen molar-refractivity contribution in [1.29, 1.82) is 0 Å². The Morgan fingerprint density at radius 2 is 2.12 bits per heavy atom. The van der Waals surface area contributed by atoms with Gasteiger partial charge in [-0.3, -0.25) is 4.79 Å². The highest BCUT2D eigenvalue weighted by molar-refractivity contribution is 5.91. The van der Waals surface area contributed by atoms with Crippen LogP contribution in [0, 0.1) is 11.8 Å². The number of ether oxygens (including phenoxy) is 3. The Bertz CT molecular complexity index is 690. The van der Waals surface area contributed by atoms with Crippen LogP contribution in [0.25, 0.3) is 0 Å². The molecule has 25 heavy (non-hydrogen) atoms. The van der Waals surface area contributed by atoms with Gasteiger partial charge in [-0.2, -0.15) is 0 Å². The van der Waals surface area contributed by atoms with E-state index in [9.17, 15) is 14.7 Å². The zero-order valence-electron chi connectivity index (χ0n) is 14.9. The highest BCUT2D eigenvalue weighted by atomic mass is 16.6. The summed E-state index contributed by atoms with van der Waals surface area (Å²) in [5, 5.41) is 10.7. The van der Waals surface area contributed by atoms with Gasteiger partial charge in [-0.1, -0.05) is 26.5 Å². The molecule has 6 nitrogen and oxygen atoms in total. The van der Waals surface area contributed by atoms with E-state index in [0.717, 1.165) is 0 Å². The molecule has 0 radical (unpaired) electrons. The van der Waals surface area contributed by atoms with Gasteiger partial charge < -0.3 is 19.3 Å². The van der Waals surface area contributed by atoms with Gasteiger partial charge in [0.15, 0.2) is 0 Å². The maximum Gasteiger partial charge on any atom is 0.334 e. The largest absolute Gasteiger partial charge is 0.461 e. The van der Waals surface area contributed by atoms with Crippen LogP contribution in [0.5, 0.6) is 0 Å². The summed E-state index contributed by atoms with van der Waals surface area (Å²) >= 11 is 0. The summed E-state index contributed by atoms with van der Waals surface area (Å²) in [4.78, 5) is 24.3. The Balaban J connectivity index is 2.04. The predicted molar refractivity (Wildman–Crippen MR) is 89.2 cm³/mol. The van der Waals surface area contributed by atoms with Crippen LogP contribution in [0.1, 0.15) is 34.1 Å². The number of fused-ring (bicyclic) bond motifs is 3. The Hall–Kier alpha value is -1.92. The lowest BCUT2D eigenvalue weighted by atomic mass is 9.83. The average Bonchev–Trinajstić information content (AvgIpc) is 2.97. The molecular weight excluding hydrogens is 324 g/mol. The van der Waals surface area contributed by atoms with E-state index in [-0.39, 0.29) is 23.9 Å². The number of carbonyl (C=O) groups excluding carboxylic acids is 2. The lowest BCUT2D eigenvalue weighted by Gasteiger charge is -2.33. The van der Waals surface area contributed by atoms with Gasteiger partial charge in [0.1, 0.15) is 12.2 Å². The standard InChI is InChI=1S/C19H24O6/c1-10(2)16(20)24-14-9-18(5)6-7-19(22,25-18)11(3)8-13-15(14)12(4)17(21)23-13/h6-8,10,13-15,22H,4,9H2,1-3,5H3/b11-8-/t13-,14-,15+,18+,19-/m1/s1. The van der Waals surface area contributed by atoms with Crippen LogP contribution in [0.3, 0.4) is 0 Å². The van der Waals surface area contributed by atoms with E-state index in [0.29, 0.717) is 5.57 Å². The second kappa shape index (κ2) is 5.81. The van der Waals surface area contributed by atoms with Crippen LogP contribution in [-0.4, -0.2) is 40.6 Å². The monoisotopic (exact) mass is 348 g/mol. The molecule has 1 fully saturated rings. The first-order valence-corrected chi connectivity index (χ1v) is 8.47. The summed E-state index contributed by atoms with van der Waals surface area (Å²) < 4.78 is 17.0. The van der Waals surface area contributed by atoms with Gasteiger partial charge in [0.25, 0.3) is 0 Å². The van der Waals surface area contributed by atoms with Crippen molar-refractivity contribution in [2.24, 2.45) is 11.8 Å². The first kappa shape index (κ1) is 17.9. The van der Waals surface area contributed by atoms with Gasteiger partial charge in [0.2, 0.25) is 5.79 Å². The summed E-state index contributed by atoms with van der Waals surface area (Å²) in [5.74, 6) is -3.26. The van der Waals surface area contributed by atoms with Crippen molar-refractivity contribution >= 4 is 11.9 Å². The van der Waals surface area contributed by atoms with Gasteiger partial charge >= 0.3 is 11.9 Å². The molecule has 0 aromatic rings. The normalized spacial score (nSPS) is 42.2. The topological polar surface area (TPSA) is 82.1 Å². The molecule has 0 aromatic heterocycles. The molecule has 6 heteroatoms. The van der Waals surface area contributed by atoms with Gasteiger partial charge in [0.05, 0.1) is 17.4 Å².